The number of aliphatic hydroxyl groups excluding tert-OH is 1. The summed E-state index contributed by atoms with van der Waals surface area (Å²) in [6.07, 6.45) is 3.96. The highest BCUT2D eigenvalue weighted by atomic mass is 16.5. The topological polar surface area (TPSA) is 83.0 Å². The van der Waals surface area contributed by atoms with Crippen LogP contribution >= 0.6 is 0 Å². The van der Waals surface area contributed by atoms with Crippen molar-refractivity contribution in [2.24, 2.45) is 0 Å². The first kappa shape index (κ1) is 24.2. The molecule has 7 heteroatoms. The van der Waals surface area contributed by atoms with Crippen molar-refractivity contribution in [2.75, 3.05) is 27.2 Å². The van der Waals surface area contributed by atoms with Crippen LogP contribution in [0.3, 0.4) is 0 Å². The Kier molecular flexibility index (Phi) is 7.57. The molecule has 0 bridgehead atoms. The molecule has 0 aliphatic carbocycles. The van der Waals surface area contributed by atoms with Gasteiger partial charge in [0, 0.05) is 24.5 Å². The summed E-state index contributed by atoms with van der Waals surface area (Å²) in [7, 11) is 3.92. The van der Waals surface area contributed by atoms with Gasteiger partial charge in [0.2, 0.25) is 0 Å². The highest BCUT2D eigenvalue weighted by molar-refractivity contribution is 6.46. The average molecular weight is 472 g/mol. The molecule has 1 saturated heterocycles. The summed E-state index contributed by atoms with van der Waals surface area (Å²) in [6.45, 7) is 1.59. The van der Waals surface area contributed by atoms with Crippen molar-refractivity contribution in [3.8, 4) is 5.75 Å². The number of nitrogens with zero attached hydrogens (tertiary/aromatic N) is 3. The molecule has 0 radical (unpaired) electrons. The Labute approximate surface area is 205 Å². The zero-order valence-electron chi connectivity index (χ0n) is 19.9. The lowest BCUT2D eigenvalue weighted by Crippen LogP contribution is -2.32. The van der Waals surface area contributed by atoms with Gasteiger partial charge >= 0.3 is 0 Å². The predicted octanol–water partition coefficient (Wildman–Crippen LogP) is 4.03. The number of benzene rings is 2. The molecular weight excluding hydrogens is 442 g/mol. The van der Waals surface area contributed by atoms with Crippen molar-refractivity contribution >= 4 is 17.4 Å². The van der Waals surface area contributed by atoms with E-state index in [0.29, 0.717) is 36.4 Å². The van der Waals surface area contributed by atoms with Gasteiger partial charge in [0.05, 0.1) is 11.6 Å². The zero-order valence-corrected chi connectivity index (χ0v) is 19.9. The molecule has 2 heterocycles. The quantitative estimate of drug-likeness (QED) is 0.288. The Morgan fingerprint density at radius 3 is 2.43 bits per heavy atom. The number of aromatic nitrogens is 1. The number of aliphatic hydroxyl groups is 1. The second-order valence-corrected chi connectivity index (χ2v) is 8.73. The largest absolute Gasteiger partial charge is 0.507 e. The van der Waals surface area contributed by atoms with E-state index in [1.807, 2.05) is 55.4 Å². The van der Waals surface area contributed by atoms with Gasteiger partial charge < -0.3 is 19.6 Å². The monoisotopic (exact) mass is 471 g/mol. The Morgan fingerprint density at radius 1 is 1.03 bits per heavy atom. The fourth-order valence-corrected chi connectivity index (χ4v) is 4.16. The van der Waals surface area contributed by atoms with Crippen molar-refractivity contribution in [1.29, 1.82) is 0 Å². The fraction of sp³-hybridized carbons (Fsp3) is 0.250. The molecule has 1 N–H and O–H groups in total. The summed E-state index contributed by atoms with van der Waals surface area (Å²) in [5.41, 5.74) is 2.24. The van der Waals surface area contributed by atoms with Crippen LogP contribution in [0, 0.1) is 0 Å². The van der Waals surface area contributed by atoms with Crippen LogP contribution in [0.1, 0.15) is 29.2 Å². The van der Waals surface area contributed by atoms with Gasteiger partial charge in [-0.25, -0.2) is 0 Å². The van der Waals surface area contributed by atoms with Crippen molar-refractivity contribution in [3.05, 3.63) is 101 Å². The summed E-state index contributed by atoms with van der Waals surface area (Å²) in [6, 6.07) is 19.6. The van der Waals surface area contributed by atoms with E-state index in [2.05, 4.69) is 4.98 Å². The van der Waals surface area contributed by atoms with E-state index in [-0.39, 0.29) is 11.3 Å². The lowest BCUT2D eigenvalue weighted by molar-refractivity contribution is -0.139. The van der Waals surface area contributed by atoms with Gasteiger partial charge in [0.15, 0.2) is 0 Å². The summed E-state index contributed by atoms with van der Waals surface area (Å²) in [4.78, 5) is 33.8. The number of carbonyl (C=O) groups excluding carboxylic acids is 2. The van der Waals surface area contributed by atoms with E-state index >= 15 is 0 Å². The number of carbonyl (C=O) groups is 2. The molecule has 1 amide bonds. The van der Waals surface area contributed by atoms with E-state index in [0.717, 1.165) is 12.1 Å². The number of amides is 1. The molecular formula is C28H29N3O4. The maximum Gasteiger partial charge on any atom is 0.295 e. The third-order valence-electron chi connectivity index (χ3n) is 5.92. The van der Waals surface area contributed by atoms with Crippen LogP contribution < -0.4 is 4.74 Å². The van der Waals surface area contributed by atoms with Crippen molar-refractivity contribution in [1.82, 2.24) is 14.8 Å². The Morgan fingerprint density at radius 2 is 1.77 bits per heavy atom. The van der Waals surface area contributed by atoms with Crippen LogP contribution in [0.15, 0.2) is 84.7 Å². The maximum atomic E-state index is 13.1. The standard InChI is InChI=1S/C28H29N3O4/c1-30(2)16-7-17-31-25(22-10-6-15-29-18-22)24(27(33)28(31)34)26(32)21-11-13-23(14-12-21)35-19-20-8-4-3-5-9-20/h3-6,8-15,18,25,32H,7,16-17,19H2,1-2H3/t25-/m1/s1. The van der Waals surface area contributed by atoms with Crippen molar-refractivity contribution < 1.29 is 19.4 Å². The minimum atomic E-state index is -0.695. The first-order valence-electron chi connectivity index (χ1n) is 11.6. The molecule has 0 saturated carbocycles. The molecule has 1 aliphatic rings. The van der Waals surface area contributed by atoms with Crippen molar-refractivity contribution in [2.45, 2.75) is 19.1 Å². The molecule has 1 aromatic heterocycles. The lowest BCUT2D eigenvalue weighted by atomic mass is 9.96. The Balaban J connectivity index is 1.61. The SMILES string of the molecule is CN(C)CCCN1C(=O)C(=O)C(=C(O)c2ccc(OCc3ccccc3)cc2)[C@H]1c1cccnc1. The van der Waals surface area contributed by atoms with Crippen LogP contribution in [-0.4, -0.2) is 58.8 Å². The molecule has 7 nitrogen and oxygen atoms in total. The first-order valence-corrected chi connectivity index (χ1v) is 11.6. The van der Waals surface area contributed by atoms with Gasteiger partial charge in [-0.2, -0.15) is 0 Å². The molecule has 1 fully saturated rings. The maximum absolute atomic E-state index is 13.1. The molecule has 4 rings (SSSR count). The van der Waals surface area contributed by atoms with E-state index in [4.69, 9.17) is 4.74 Å². The number of likely N-dealkylation sites (tertiary alicyclic amines) is 1. The molecule has 35 heavy (non-hydrogen) atoms. The van der Waals surface area contributed by atoms with Gasteiger partial charge in [-0.15, -0.1) is 0 Å². The van der Waals surface area contributed by atoms with E-state index in [1.165, 1.54) is 4.90 Å². The van der Waals surface area contributed by atoms with Gasteiger partial charge in [0.25, 0.3) is 11.7 Å². The second-order valence-electron chi connectivity index (χ2n) is 8.73. The summed E-state index contributed by atoms with van der Waals surface area (Å²) in [5, 5.41) is 11.2. The third kappa shape index (κ3) is 5.58. The second kappa shape index (κ2) is 11.0. The molecule has 1 atom stereocenters. The number of hydrogen-bond donors (Lipinski definition) is 1. The van der Waals surface area contributed by atoms with Gasteiger partial charge in [-0.05, 0) is 68.5 Å². The molecule has 3 aromatic rings. The Bertz CT molecular complexity index is 1190. The van der Waals surface area contributed by atoms with E-state index in [1.54, 1.807) is 42.7 Å². The number of pyridine rings is 1. The van der Waals surface area contributed by atoms with E-state index in [9.17, 15) is 14.7 Å². The number of ether oxygens (including phenoxy) is 1. The highest BCUT2D eigenvalue weighted by Crippen LogP contribution is 2.39. The minimum Gasteiger partial charge on any atom is -0.507 e. The minimum absolute atomic E-state index is 0.0748. The van der Waals surface area contributed by atoms with Crippen LogP contribution in [-0.2, 0) is 16.2 Å². The molecule has 1 aliphatic heterocycles. The average Bonchev–Trinajstić information content (AvgIpc) is 3.13. The van der Waals surface area contributed by atoms with Crippen LogP contribution in [0.4, 0.5) is 0 Å². The number of hydrogen-bond acceptors (Lipinski definition) is 6. The fourth-order valence-electron chi connectivity index (χ4n) is 4.16. The first-order chi connectivity index (χ1) is 17.0. The molecule has 0 unspecified atom stereocenters. The number of Topliss-reactive ketones (excluding diaryl/α,β-unsaturated/α-hetero) is 1. The summed E-state index contributed by atoms with van der Waals surface area (Å²) in [5.74, 6) is -0.868. The third-order valence-corrected chi connectivity index (χ3v) is 5.92. The summed E-state index contributed by atoms with van der Waals surface area (Å²) < 4.78 is 5.82. The van der Waals surface area contributed by atoms with Crippen LogP contribution in [0.25, 0.3) is 5.76 Å². The van der Waals surface area contributed by atoms with Crippen LogP contribution in [0.5, 0.6) is 5.75 Å². The zero-order chi connectivity index (χ0) is 24.8. The molecule has 2 aromatic carbocycles. The van der Waals surface area contributed by atoms with Crippen molar-refractivity contribution in [3.63, 3.8) is 0 Å². The number of rotatable bonds is 9. The molecule has 180 valence electrons. The van der Waals surface area contributed by atoms with Gasteiger partial charge in [-0.3, -0.25) is 14.6 Å². The van der Waals surface area contributed by atoms with Gasteiger partial charge in [-0.1, -0.05) is 36.4 Å². The lowest BCUT2D eigenvalue weighted by Gasteiger charge is -2.25. The normalized spacial score (nSPS) is 17.2. The Hall–Kier alpha value is -3.97. The summed E-state index contributed by atoms with van der Waals surface area (Å²) >= 11 is 0. The smallest absolute Gasteiger partial charge is 0.295 e. The van der Waals surface area contributed by atoms with E-state index < -0.39 is 17.7 Å². The van der Waals surface area contributed by atoms with Gasteiger partial charge in [0.1, 0.15) is 18.1 Å². The van der Waals surface area contributed by atoms with Crippen LogP contribution in [0.2, 0.25) is 0 Å². The highest BCUT2D eigenvalue weighted by Gasteiger charge is 2.45. The number of ketones is 1. The molecule has 0 spiro atoms. The predicted molar refractivity (Wildman–Crippen MR) is 134 cm³/mol.